The van der Waals surface area contributed by atoms with Gasteiger partial charge in [-0.1, -0.05) is 11.6 Å². The molecule has 1 aromatic carbocycles. The number of aryl methyl sites for hydroxylation is 2. The van der Waals surface area contributed by atoms with Crippen LogP contribution in [-0.4, -0.2) is 54.6 Å². The first-order chi connectivity index (χ1) is 10.3. The van der Waals surface area contributed by atoms with Crippen LogP contribution in [0.25, 0.3) is 0 Å². The number of β-amino-alcohol motifs (C(OH)–C–C–N with tert-alkyl or cyclic N) is 1. The molecular formula is C17H26ClNO3. The van der Waals surface area contributed by atoms with Crippen molar-refractivity contribution in [2.75, 3.05) is 26.2 Å². The van der Waals surface area contributed by atoms with Gasteiger partial charge in [0.05, 0.1) is 12.2 Å². The number of aliphatic hydroxyl groups excluding tert-OH is 1. The number of halogens is 1. The van der Waals surface area contributed by atoms with Gasteiger partial charge in [-0.3, -0.25) is 4.90 Å². The molecule has 4 nitrogen and oxygen atoms in total. The molecule has 0 spiro atoms. The topological polar surface area (TPSA) is 41.9 Å². The van der Waals surface area contributed by atoms with Crippen molar-refractivity contribution in [3.63, 3.8) is 0 Å². The van der Waals surface area contributed by atoms with E-state index in [9.17, 15) is 5.11 Å². The molecule has 1 aliphatic heterocycles. The number of benzene rings is 1. The Balaban J connectivity index is 1.84. The Bertz CT molecular complexity index is 476. The zero-order valence-electron chi connectivity index (χ0n) is 13.8. The van der Waals surface area contributed by atoms with Crippen molar-refractivity contribution in [2.45, 2.75) is 46.0 Å². The van der Waals surface area contributed by atoms with Crippen molar-refractivity contribution in [3.05, 3.63) is 28.3 Å². The Labute approximate surface area is 138 Å². The van der Waals surface area contributed by atoms with Crippen LogP contribution in [0.2, 0.25) is 5.02 Å². The summed E-state index contributed by atoms with van der Waals surface area (Å²) in [6.07, 6.45) is -0.106. The summed E-state index contributed by atoms with van der Waals surface area (Å²) in [5, 5.41) is 11.0. The van der Waals surface area contributed by atoms with E-state index in [0.717, 1.165) is 35.0 Å². The van der Waals surface area contributed by atoms with E-state index < -0.39 is 6.10 Å². The minimum Gasteiger partial charge on any atom is -0.491 e. The van der Waals surface area contributed by atoms with Crippen LogP contribution < -0.4 is 4.74 Å². The van der Waals surface area contributed by atoms with E-state index in [1.807, 2.05) is 26.0 Å². The molecule has 5 heteroatoms. The van der Waals surface area contributed by atoms with Gasteiger partial charge in [-0.25, -0.2) is 0 Å². The number of hydrogen-bond acceptors (Lipinski definition) is 4. The summed E-state index contributed by atoms with van der Waals surface area (Å²) < 4.78 is 11.4. The molecule has 0 aliphatic carbocycles. The lowest BCUT2D eigenvalue weighted by Crippen LogP contribution is -2.48. The predicted molar refractivity (Wildman–Crippen MR) is 88.9 cm³/mol. The largest absolute Gasteiger partial charge is 0.491 e. The molecule has 1 N–H and O–H groups in total. The predicted octanol–water partition coefficient (Wildman–Crippen LogP) is 2.81. The van der Waals surface area contributed by atoms with Gasteiger partial charge in [0, 0.05) is 24.7 Å². The summed E-state index contributed by atoms with van der Waals surface area (Å²) in [4.78, 5) is 2.23. The monoisotopic (exact) mass is 327 g/mol. The third kappa shape index (κ3) is 4.85. The van der Waals surface area contributed by atoms with Crippen LogP contribution >= 0.6 is 11.6 Å². The quantitative estimate of drug-likeness (QED) is 0.903. The van der Waals surface area contributed by atoms with Crippen molar-refractivity contribution < 1.29 is 14.6 Å². The van der Waals surface area contributed by atoms with E-state index in [0.29, 0.717) is 6.54 Å². The lowest BCUT2D eigenvalue weighted by atomic mass is 10.1. The second kappa shape index (κ2) is 7.64. The minimum absolute atomic E-state index is 0.207. The fourth-order valence-corrected chi connectivity index (χ4v) is 3.08. The van der Waals surface area contributed by atoms with Gasteiger partial charge in [-0.15, -0.1) is 0 Å². The summed E-state index contributed by atoms with van der Waals surface area (Å²) in [5.74, 6) is 0.752. The second-order valence-corrected chi connectivity index (χ2v) is 6.69. The van der Waals surface area contributed by atoms with Crippen LogP contribution in [0.3, 0.4) is 0 Å². The lowest BCUT2D eigenvalue weighted by molar-refractivity contribution is -0.0786. The molecule has 0 aromatic heterocycles. The maximum atomic E-state index is 10.2. The standard InChI is InChI=1S/C17H26ClNO3/c1-11-5-16(6-12(2)17(11)18)21-10-15(20)9-19-7-13(3)22-14(4)8-19/h5-6,13-15,20H,7-10H2,1-4H3/t13-,14-,15-/m1/s1. The summed E-state index contributed by atoms with van der Waals surface area (Å²) in [6.45, 7) is 10.6. The summed E-state index contributed by atoms with van der Waals surface area (Å²) >= 11 is 6.15. The van der Waals surface area contributed by atoms with Crippen molar-refractivity contribution in [1.29, 1.82) is 0 Å². The van der Waals surface area contributed by atoms with E-state index in [4.69, 9.17) is 21.1 Å². The normalized spacial score (nSPS) is 24.3. The SMILES string of the molecule is Cc1cc(OC[C@H](O)CN2C[C@@H](C)O[C@H](C)C2)cc(C)c1Cl. The first-order valence-electron chi connectivity index (χ1n) is 7.80. The molecule has 0 bridgehead atoms. The number of morpholine rings is 1. The molecule has 124 valence electrons. The maximum Gasteiger partial charge on any atom is 0.120 e. The van der Waals surface area contributed by atoms with E-state index in [1.54, 1.807) is 0 Å². The zero-order chi connectivity index (χ0) is 16.3. The van der Waals surface area contributed by atoms with Gasteiger partial charge < -0.3 is 14.6 Å². The highest BCUT2D eigenvalue weighted by Crippen LogP contribution is 2.26. The zero-order valence-corrected chi connectivity index (χ0v) is 14.6. The first-order valence-corrected chi connectivity index (χ1v) is 8.18. The molecule has 22 heavy (non-hydrogen) atoms. The fraction of sp³-hybridized carbons (Fsp3) is 0.647. The molecular weight excluding hydrogens is 302 g/mol. The average molecular weight is 328 g/mol. The lowest BCUT2D eigenvalue weighted by Gasteiger charge is -2.36. The van der Waals surface area contributed by atoms with Gasteiger partial charge in [-0.2, -0.15) is 0 Å². The maximum absolute atomic E-state index is 10.2. The number of rotatable bonds is 5. The number of nitrogens with zero attached hydrogens (tertiary/aromatic N) is 1. The van der Waals surface area contributed by atoms with Crippen LogP contribution in [0, 0.1) is 13.8 Å². The number of hydrogen-bond donors (Lipinski definition) is 1. The highest BCUT2D eigenvalue weighted by molar-refractivity contribution is 6.32. The third-order valence-electron chi connectivity index (χ3n) is 3.82. The van der Waals surface area contributed by atoms with Crippen LogP contribution in [0.1, 0.15) is 25.0 Å². The first kappa shape index (κ1) is 17.5. The van der Waals surface area contributed by atoms with Crippen molar-refractivity contribution >= 4 is 11.6 Å². The van der Waals surface area contributed by atoms with E-state index >= 15 is 0 Å². The van der Waals surface area contributed by atoms with Gasteiger partial charge in [-0.05, 0) is 51.0 Å². The Morgan fingerprint density at radius 1 is 1.27 bits per heavy atom. The van der Waals surface area contributed by atoms with E-state index in [2.05, 4.69) is 18.7 Å². The molecule has 0 radical (unpaired) electrons. The average Bonchev–Trinajstić information content (AvgIpc) is 2.41. The van der Waals surface area contributed by atoms with Crippen LogP contribution in [0.5, 0.6) is 5.75 Å². The van der Waals surface area contributed by atoms with Gasteiger partial charge in [0.1, 0.15) is 18.5 Å². The highest BCUT2D eigenvalue weighted by Gasteiger charge is 2.23. The summed E-state index contributed by atoms with van der Waals surface area (Å²) in [5.41, 5.74) is 1.98. The van der Waals surface area contributed by atoms with Crippen molar-refractivity contribution in [1.82, 2.24) is 4.90 Å². The Hall–Kier alpha value is -0.810. The fourth-order valence-electron chi connectivity index (χ4n) is 2.97. The van der Waals surface area contributed by atoms with Crippen molar-refractivity contribution in [3.8, 4) is 5.75 Å². The molecule has 1 aliphatic rings. The highest BCUT2D eigenvalue weighted by atomic mass is 35.5. The molecule has 1 aromatic rings. The van der Waals surface area contributed by atoms with Crippen LogP contribution in [0.15, 0.2) is 12.1 Å². The minimum atomic E-state index is -0.520. The summed E-state index contributed by atoms with van der Waals surface area (Å²) in [7, 11) is 0. The van der Waals surface area contributed by atoms with E-state index in [1.165, 1.54) is 0 Å². The van der Waals surface area contributed by atoms with E-state index in [-0.39, 0.29) is 18.8 Å². The third-order valence-corrected chi connectivity index (χ3v) is 4.41. The summed E-state index contributed by atoms with van der Waals surface area (Å²) in [6, 6.07) is 3.81. The Kier molecular flexibility index (Phi) is 6.09. The molecule has 0 unspecified atom stereocenters. The van der Waals surface area contributed by atoms with Gasteiger partial charge in [0.25, 0.3) is 0 Å². The molecule has 3 atom stereocenters. The molecule has 1 saturated heterocycles. The smallest absolute Gasteiger partial charge is 0.120 e. The Morgan fingerprint density at radius 2 is 1.82 bits per heavy atom. The van der Waals surface area contributed by atoms with Gasteiger partial charge in [0.15, 0.2) is 0 Å². The Morgan fingerprint density at radius 3 is 2.36 bits per heavy atom. The van der Waals surface area contributed by atoms with Crippen LogP contribution in [0.4, 0.5) is 0 Å². The molecule has 1 heterocycles. The second-order valence-electron chi connectivity index (χ2n) is 6.31. The van der Waals surface area contributed by atoms with Gasteiger partial charge >= 0.3 is 0 Å². The van der Waals surface area contributed by atoms with Crippen molar-refractivity contribution in [2.24, 2.45) is 0 Å². The molecule has 0 amide bonds. The van der Waals surface area contributed by atoms with Crippen LogP contribution in [-0.2, 0) is 4.74 Å². The molecule has 0 saturated carbocycles. The number of ether oxygens (including phenoxy) is 2. The molecule has 1 fully saturated rings. The number of aliphatic hydroxyl groups is 1. The molecule has 2 rings (SSSR count). The van der Waals surface area contributed by atoms with Gasteiger partial charge in [0.2, 0.25) is 0 Å².